The molecule has 0 spiro atoms. The van der Waals surface area contributed by atoms with Crippen molar-refractivity contribution in [3.05, 3.63) is 179 Å². The first-order chi connectivity index (χ1) is 27.6. The fourth-order valence-electron chi connectivity index (χ4n) is 5.92. The minimum absolute atomic E-state index is 0.0131. The number of primary amides is 1. The van der Waals surface area contributed by atoms with Crippen molar-refractivity contribution in [2.45, 2.75) is 36.5 Å². The number of hydrogen-bond acceptors (Lipinski definition) is 7. The monoisotopic (exact) mass is 816 g/mol. The second-order valence-electron chi connectivity index (χ2n) is 13.5. The van der Waals surface area contributed by atoms with Crippen molar-refractivity contribution in [3.63, 3.8) is 0 Å². The van der Waals surface area contributed by atoms with E-state index in [1.165, 1.54) is 29.2 Å². The molecule has 0 atom stereocenters. The Balaban J connectivity index is 1.01. The van der Waals surface area contributed by atoms with Crippen LogP contribution >= 0.6 is 0 Å². The van der Waals surface area contributed by atoms with Crippen molar-refractivity contribution in [2.24, 2.45) is 5.73 Å². The van der Waals surface area contributed by atoms with Gasteiger partial charge in [-0.15, -0.1) is 0 Å². The predicted octanol–water partition coefficient (Wildman–Crippen LogP) is 7.72. The fraction of sp³-hybridized carbons (Fsp3) is 0.0930. The van der Waals surface area contributed by atoms with E-state index in [2.05, 4.69) is 10.6 Å². The summed E-state index contributed by atoms with van der Waals surface area (Å²) in [6, 6.07) is 38.7. The molecule has 6 aromatic carbocycles. The first-order valence-corrected chi connectivity index (χ1v) is 20.9. The van der Waals surface area contributed by atoms with E-state index in [1.54, 1.807) is 72.8 Å². The summed E-state index contributed by atoms with van der Waals surface area (Å²) in [6.07, 6.45) is 1.11. The summed E-state index contributed by atoms with van der Waals surface area (Å²) in [5.74, 6) is 0. The molecule has 0 aliphatic carbocycles. The molecule has 6 N–H and O–H groups in total. The van der Waals surface area contributed by atoms with Crippen LogP contribution in [0.25, 0.3) is 0 Å². The van der Waals surface area contributed by atoms with Gasteiger partial charge in [0.1, 0.15) is 0 Å². The summed E-state index contributed by atoms with van der Waals surface area (Å²) in [7, 11) is -8.05. The lowest BCUT2D eigenvalue weighted by Crippen LogP contribution is -2.34. The van der Waals surface area contributed by atoms with Crippen LogP contribution in [0.5, 0.6) is 0 Å². The number of amides is 6. The number of rotatable bonds is 12. The molecule has 0 unspecified atom stereocenters. The number of urea groups is 3. The van der Waals surface area contributed by atoms with Gasteiger partial charge >= 0.3 is 18.1 Å². The molecule has 0 bridgehead atoms. The molecule has 296 valence electrons. The number of sulfonamides is 2. The summed E-state index contributed by atoms with van der Waals surface area (Å²) in [5, 5.41) is 5.08. The van der Waals surface area contributed by atoms with E-state index < -0.39 is 38.1 Å². The molecule has 0 aliphatic heterocycles. The van der Waals surface area contributed by atoms with E-state index >= 15 is 0 Å². The maximum absolute atomic E-state index is 12.6. The molecule has 0 fully saturated rings. The number of nitrogens with one attached hydrogen (secondary N) is 4. The van der Waals surface area contributed by atoms with Crippen molar-refractivity contribution < 1.29 is 31.2 Å². The van der Waals surface area contributed by atoms with Gasteiger partial charge in [-0.05, 0) is 122 Å². The number of benzene rings is 6. The van der Waals surface area contributed by atoms with E-state index in [0.717, 1.165) is 33.4 Å². The molecule has 0 saturated carbocycles. The summed E-state index contributed by atoms with van der Waals surface area (Å²) in [4.78, 5) is 38.8. The van der Waals surface area contributed by atoms with Crippen LogP contribution in [0.15, 0.2) is 155 Å². The SMILES string of the molecule is Cc1ccc(S(=O)(=O)NC(=O)Nc2ccc(Cc3ccc(N(C(N)=O)c4ccc(Cc5ccc(NC(=O)NS(=O)(=O)c6ccc(C)cc6)cc5)cc4)cc3)cc2)cc1. The molecule has 0 aliphatic rings. The molecule has 6 rings (SSSR count). The zero-order valence-corrected chi connectivity index (χ0v) is 33.1. The molecule has 0 aromatic heterocycles. The van der Waals surface area contributed by atoms with Crippen LogP contribution in [0, 0.1) is 13.8 Å². The standard InChI is InChI=1S/C43H40N6O7S2/c1-29-3-23-39(24-4-29)57(53,54)47-42(51)45-35-15-7-31(8-16-35)27-33-11-19-37(20-12-33)49(41(44)50)38-21-13-34(14-22-38)28-32-9-17-36(18-10-32)46-43(52)48-58(55,56)40-25-5-30(2)6-26-40/h3-26H,27-28H2,1-2H3,(H2,44,50)(H2,45,47,51)(H2,46,48,52). The van der Waals surface area contributed by atoms with Gasteiger partial charge in [0.2, 0.25) is 0 Å². The van der Waals surface area contributed by atoms with Crippen molar-refractivity contribution in [1.29, 1.82) is 0 Å². The molecule has 13 nitrogen and oxygen atoms in total. The lowest BCUT2D eigenvalue weighted by atomic mass is 10.0. The molecule has 6 aromatic rings. The second-order valence-corrected chi connectivity index (χ2v) is 16.9. The summed E-state index contributed by atoms with van der Waals surface area (Å²) < 4.78 is 54.1. The van der Waals surface area contributed by atoms with E-state index in [1.807, 2.05) is 71.8 Å². The number of nitrogens with zero attached hydrogens (tertiary/aromatic N) is 1. The molecule has 58 heavy (non-hydrogen) atoms. The molecular weight excluding hydrogens is 777 g/mol. The van der Waals surface area contributed by atoms with Crippen molar-refractivity contribution >= 4 is 60.9 Å². The average Bonchev–Trinajstić information content (AvgIpc) is 3.17. The number of carbonyl (C=O) groups excluding carboxylic acids is 3. The Hall–Kier alpha value is -6.97. The van der Waals surface area contributed by atoms with Gasteiger partial charge in [0.05, 0.1) is 21.2 Å². The summed E-state index contributed by atoms with van der Waals surface area (Å²) in [5.41, 5.74) is 13.4. The maximum Gasteiger partial charge on any atom is 0.333 e. The zero-order chi connectivity index (χ0) is 41.5. The smallest absolute Gasteiger partial charge is 0.333 e. The Morgan fingerprint density at radius 1 is 0.466 bits per heavy atom. The molecule has 0 heterocycles. The fourth-order valence-corrected chi connectivity index (χ4v) is 7.74. The molecule has 6 amide bonds. The number of anilines is 4. The second kappa shape index (κ2) is 17.4. The van der Waals surface area contributed by atoms with E-state index in [9.17, 15) is 31.2 Å². The van der Waals surface area contributed by atoms with Crippen molar-refractivity contribution in [1.82, 2.24) is 9.44 Å². The molecule has 0 saturated heterocycles. The molecule has 15 heteroatoms. The Bertz CT molecular complexity index is 2460. The maximum atomic E-state index is 12.6. The van der Waals surface area contributed by atoms with Crippen molar-refractivity contribution in [3.8, 4) is 0 Å². The predicted molar refractivity (Wildman–Crippen MR) is 224 cm³/mol. The number of nitrogens with two attached hydrogens (primary N) is 1. The normalized spacial score (nSPS) is 11.3. The first kappa shape index (κ1) is 40.7. The molecule has 0 radical (unpaired) electrons. The zero-order valence-electron chi connectivity index (χ0n) is 31.5. The largest absolute Gasteiger partial charge is 0.351 e. The summed E-state index contributed by atoms with van der Waals surface area (Å²) in [6.45, 7) is 3.67. The van der Waals surface area contributed by atoms with E-state index in [0.29, 0.717) is 35.6 Å². The lowest BCUT2D eigenvalue weighted by Gasteiger charge is -2.21. The van der Waals surface area contributed by atoms with Gasteiger partial charge in [0.25, 0.3) is 20.0 Å². The Morgan fingerprint density at radius 2 is 0.759 bits per heavy atom. The third kappa shape index (κ3) is 10.7. The number of aryl methyl sites for hydroxylation is 2. The van der Waals surface area contributed by atoms with Gasteiger partial charge in [-0.2, -0.15) is 0 Å². The van der Waals surface area contributed by atoms with Crippen LogP contribution in [0.1, 0.15) is 33.4 Å². The van der Waals surface area contributed by atoms with E-state index in [4.69, 9.17) is 5.73 Å². The minimum atomic E-state index is -4.02. The third-order valence-electron chi connectivity index (χ3n) is 8.97. The average molecular weight is 817 g/mol. The van der Waals surface area contributed by atoms with Gasteiger partial charge < -0.3 is 16.4 Å². The Kier molecular flexibility index (Phi) is 12.2. The topological polar surface area (TPSA) is 197 Å². The van der Waals surface area contributed by atoms with Gasteiger partial charge in [-0.1, -0.05) is 83.9 Å². The molecular formula is C43H40N6O7S2. The van der Waals surface area contributed by atoms with Crippen LogP contribution in [-0.2, 0) is 32.9 Å². The van der Waals surface area contributed by atoms with Crippen LogP contribution < -0.4 is 30.7 Å². The van der Waals surface area contributed by atoms with Gasteiger partial charge in [0, 0.05) is 11.4 Å². The Labute approximate surface area is 337 Å². The van der Waals surface area contributed by atoms with Crippen LogP contribution in [0.3, 0.4) is 0 Å². The van der Waals surface area contributed by atoms with Gasteiger partial charge in [-0.3, -0.25) is 4.90 Å². The third-order valence-corrected chi connectivity index (χ3v) is 11.7. The Morgan fingerprint density at radius 3 is 1.05 bits per heavy atom. The van der Waals surface area contributed by atoms with Crippen LogP contribution in [-0.4, -0.2) is 34.9 Å². The highest BCUT2D eigenvalue weighted by molar-refractivity contribution is 7.90. The number of hydrogen-bond donors (Lipinski definition) is 5. The highest BCUT2D eigenvalue weighted by atomic mass is 32.2. The van der Waals surface area contributed by atoms with Crippen molar-refractivity contribution in [2.75, 3.05) is 15.5 Å². The van der Waals surface area contributed by atoms with Crippen LogP contribution in [0.4, 0.5) is 37.1 Å². The quantitative estimate of drug-likeness (QED) is 0.0833. The van der Waals surface area contributed by atoms with E-state index in [-0.39, 0.29) is 9.79 Å². The first-order valence-electron chi connectivity index (χ1n) is 17.9. The van der Waals surface area contributed by atoms with Gasteiger partial charge in [0.15, 0.2) is 0 Å². The lowest BCUT2D eigenvalue weighted by molar-refractivity contribution is 0.255. The van der Waals surface area contributed by atoms with Gasteiger partial charge in [-0.25, -0.2) is 40.7 Å². The number of carbonyl (C=O) groups is 3. The highest BCUT2D eigenvalue weighted by Crippen LogP contribution is 2.27. The highest BCUT2D eigenvalue weighted by Gasteiger charge is 2.19. The minimum Gasteiger partial charge on any atom is -0.351 e. The summed E-state index contributed by atoms with van der Waals surface area (Å²) >= 11 is 0. The van der Waals surface area contributed by atoms with Crippen LogP contribution in [0.2, 0.25) is 0 Å².